The molecule has 0 aliphatic carbocycles. The zero-order valence-corrected chi connectivity index (χ0v) is 7.94. The van der Waals surface area contributed by atoms with Gasteiger partial charge in [0.25, 0.3) is 0 Å². The van der Waals surface area contributed by atoms with Gasteiger partial charge in [-0.1, -0.05) is 27.7 Å². The van der Waals surface area contributed by atoms with Gasteiger partial charge < -0.3 is 0 Å². The summed E-state index contributed by atoms with van der Waals surface area (Å²) in [5.41, 5.74) is -0.0742. The van der Waals surface area contributed by atoms with Crippen molar-refractivity contribution in [1.29, 1.82) is 0 Å². The third-order valence-corrected chi connectivity index (χ3v) is 3.17. The number of thiol groups is 1. The maximum atomic E-state index is 10.4. The molecule has 3 heteroatoms. The Kier molecular flexibility index (Phi) is 3.36. The molecule has 0 saturated carbocycles. The van der Waals surface area contributed by atoms with Gasteiger partial charge in [0, 0.05) is 0 Å². The molecular weight excluding hydrogens is 148 g/mol. The molecule has 0 fully saturated rings. The van der Waals surface area contributed by atoms with Gasteiger partial charge in [0.1, 0.15) is 10.7 Å². The zero-order chi connectivity index (χ0) is 8.36. The molecule has 0 rings (SSSR count). The summed E-state index contributed by atoms with van der Waals surface area (Å²) in [7, 11) is -2.22. The van der Waals surface area contributed by atoms with Crippen LogP contribution in [0.15, 0.2) is 0 Å². The van der Waals surface area contributed by atoms with Crippen LogP contribution in [0, 0.1) is 11.3 Å². The first-order valence-electron chi connectivity index (χ1n) is 3.48. The first-order chi connectivity index (χ1) is 4.36. The smallest absolute Gasteiger partial charge is 0.140 e. The molecule has 10 heavy (non-hydrogen) atoms. The molecule has 0 amide bonds. The lowest BCUT2D eigenvalue weighted by Gasteiger charge is -2.26. The Balaban J connectivity index is 4.12. The van der Waals surface area contributed by atoms with Gasteiger partial charge in [0.2, 0.25) is 0 Å². The highest BCUT2D eigenvalue weighted by Gasteiger charge is 2.22. The number of hydrogen-bond acceptors (Lipinski definition) is 2. The van der Waals surface area contributed by atoms with Gasteiger partial charge in [-0.3, -0.25) is 0 Å². The minimum absolute atomic E-state index is 0.0742. The van der Waals surface area contributed by atoms with Crippen molar-refractivity contribution in [2.24, 2.45) is 11.3 Å². The molecule has 0 aromatic carbocycles. The van der Waals surface area contributed by atoms with Crippen LogP contribution >= 0.6 is 0 Å². The van der Waals surface area contributed by atoms with E-state index in [1.54, 1.807) is 0 Å². The minimum Gasteiger partial charge on any atom is -0.232 e. The van der Waals surface area contributed by atoms with Crippen molar-refractivity contribution >= 4 is 10.7 Å². The lowest BCUT2D eigenvalue weighted by atomic mass is 9.83. The molecule has 0 spiro atoms. The molecule has 0 radical (unpaired) electrons. The van der Waals surface area contributed by atoms with E-state index in [0.29, 0.717) is 11.7 Å². The average Bonchev–Trinajstić information content (AvgIpc) is 1.60. The summed E-state index contributed by atoms with van der Waals surface area (Å²) in [5.74, 6) is 0.709. The summed E-state index contributed by atoms with van der Waals surface area (Å²) in [6.45, 7) is 8.03. The van der Waals surface area contributed by atoms with E-state index in [-0.39, 0.29) is 5.41 Å². The molecule has 0 heterocycles. The molecule has 0 aliphatic heterocycles. The lowest BCUT2D eigenvalue weighted by molar-refractivity contribution is 0.288. The fourth-order valence-corrected chi connectivity index (χ4v) is 1.55. The largest absolute Gasteiger partial charge is 0.232 e. The topological polar surface area (TPSA) is 34.1 Å². The summed E-state index contributed by atoms with van der Waals surface area (Å²) >= 11 is 0. The van der Waals surface area contributed by atoms with Crippen molar-refractivity contribution in [2.75, 3.05) is 5.75 Å². The predicted molar refractivity (Wildman–Crippen MR) is 43.8 cm³/mol. The second-order valence-corrected chi connectivity index (χ2v) is 4.62. The summed E-state index contributed by atoms with van der Waals surface area (Å²) in [4.78, 5) is 0. The predicted octanol–water partition coefficient (Wildman–Crippen LogP) is 1.28. The van der Waals surface area contributed by atoms with Crippen LogP contribution in [0.5, 0.6) is 0 Å². The van der Waals surface area contributed by atoms with Gasteiger partial charge in [-0.25, -0.2) is 8.42 Å². The summed E-state index contributed by atoms with van der Waals surface area (Å²) in [6.07, 6.45) is 0. The van der Waals surface area contributed by atoms with Gasteiger partial charge in [0.15, 0.2) is 0 Å². The van der Waals surface area contributed by atoms with Crippen LogP contribution in [-0.2, 0) is 10.7 Å². The Labute approximate surface area is 64.6 Å². The quantitative estimate of drug-likeness (QED) is 0.638. The molecule has 0 aromatic rings. The molecule has 2 nitrogen and oxygen atoms in total. The van der Waals surface area contributed by atoms with E-state index in [1.165, 1.54) is 0 Å². The SMILES string of the molecule is CC(C)C(C)(C)C[SH](=O)=O. The van der Waals surface area contributed by atoms with Crippen LogP contribution in [-0.4, -0.2) is 14.2 Å². The maximum absolute atomic E-state index is 10.4. The van der Waals surface area contributed by atoms with Gasteiger partial charge in [-0.2, -0.15) is 0 Å². The van der Waals surface area contributed by atoms with E-state index >= 15 is 0 Å². The van der Waals surface area contributed by atoms with Crippen LogP contribution in [0.25, 0.3) is 0 Å². The van der Waals surface area contributed by atoms with Gasteiger partial charge in [-0.05, 0) is 11.3 Å². The molecule has 0 atom stereocenters. The van der Waals surface area contributed by atoms with Gasteiger partial charge in [0.05, 0.1) is 5.75 Å². The molecule has 0 saturated heterocycles. The average molecular weight is 164 g/mol. The molecule has 0 aliphatic rings. The van der Waals surface area contributed by atoms with Crippen LogP contribution < -0.4 is 0 Å². The maximum Gasteiger partial charge on any atom is 0.140 e. The summed E-state index contributed by atoms with van der Waals surface area (Å²) in [5, 5.41) is 0. The zero-order valence-electron chi connectivity index (χ0n) is 7.05. The van der Waals surface area contributed by atoms with Crippen molar-refractivity contribution in [2.45, 2.75) is 27.7 Å². The van der Waals surface area contributed by atoms with E-state index in [0.717, 1.165) is 0 Å². The van der Waals surface area contributed by atoms with E-state index in [1.807, 2.05) is 27.7 Å². The van der Waals surface area contributed by atoms with Crippen molar-refractivity contribution in [3.63, 3.8) is 0 Å². The molecular formula is C7H16O2S. The van der Waals surface area contributed by atoms with Crippen molar-refractivity contribution in [3.8, 4) is 0 Å². The van der Waals surface area contributed by atoms with E-state index in [2.05, 4.69) is 0 Å². The fraction of sp³-hybridized carbons (Fsp3) is 1.00. The normalized spacial score (nSPS) is 13.0. The number of hydrogen-bond donors (Lipinski definition) is 1. The fourth-order valence-electron chi connectivity index (χ4n) is 0.515. The van der Waals surface area contributed by atoms with Crippen LogP contribution in [0.3, 0.4) is 0 Å². The number of rotatable bonds is 3. The van der Waals surface area contributed by atoms with Crippen molar-refractivity contribution < 1.29 is 8.42 Å². The highest BCUT2D eigenvalue weighted by atomic mass is 32.2. The first kappa shape index (κ1) is 9.95. The molecule has 0 unspecified atom stereocenters. The monoisotopic (exact) mass is 164 g/mol. The Morgan fingerprint density at radius 1 is 1.30 bits per heavy atom. The third-order valence-electron chi connectivity index (χ3n) is 2.10. The standard InChI is InChI=1S/C7H16O2S/c1-6(2)7(3,4)5-10(8)9/h6,10H,5H2,1-4H3. The third kappa shape index (κ3) is 3.20. The molecule has 62 valence electrons. The summed E-state index contributed by atoms with van der Waals surface area (Å²) < 4.78 is 20.7. The minimum atomic E-state index is -2.22. The second-order valence-electron chi connectivity index (χ2n) is 3.63. The highest BCUT2D eigenvalue weighted by molar-refractivity contribution is 7.72. The Morgan fingerprint density at radius 3 is 1.80 bits per heavy atom. The second kappa shape index (κ2) is 3.37. The Morgan fingerprint density at radius 2 is 1.70 bits per heavy atom. The molecule has 0 aromatic heterocycles. The van der Waals surface area contributed by atoms with Crippen LogP contribution in [0.2, 0.25) is 0 Å². The van der Waals surface area contributed by atoms with Crippen molar-refractivity contribution in [1.82, 2.24) is 0 Å². The van der Waals surface area contributed by atoms with Crippen LogP contribution in [0.4, 0.5) is 0 Å². The van der Waals surface area contributed by atoms with Crippen LogP contribution in [0.1, 0.15) is 27.7 Å². The van der Waals surface area contributed by atoms with Gasteiger partial charge >= 0.3 is 0 Å². The molecule has 0 bridgehead atoms. The molecule has 0 N–H and O–H groups in total. The lowest BCUT2D eigenvalue weighted by Crippen LogP contribution is -2.24. The van der Waals surface area contributed by atoms with E-state index < -0.39 is 10.7 Å². The van der Waals surface area contributed by atoms with E-state index in [9.17, 15) is 8.42 Å². The highest BCUT2D eigenvalue weighted by Crippen LogP contribution is 2.25. The summed E-state index contributed by atoms with van der Waals surface area (Å²) in [6, 6.07) is 0. The van der Waals surface area contributed by atoms with Crippen molar-refractivity contribution in [3.05, 3.63) is 0 Å². The Hall–Kier alpha value is -0.0500. The first-order valence-corrected chi connectivity index (χ1v) is 4.84. The van der Waals surface area contributed by atoms with Gasteiger partial charge in [-0.15, -0.1) is 0 Å². The Bertz CT molecular complexity index is 160. The van der Waals surface area contributed by atoms with E-state index in [4.69, 9.17) is 0 Å².